The third kappa shape index (κ3) is 3.57. The SMILES string of the molecule is CC(C)(C)OC(=O)N1CC2(C1)CN(c1ccc(C3CCC(=O)NC3=O)cc1)C2. The molecule has 1 N–H and O–H groups in total. The van der Waals surface area contributed by atoms with Gasteiger partial charge in [-0.2, -0.15) is 0 Å². The lowest BCUT2D eigenvalue weighted by Gasteiger charge is -2.60. The van der Waals surface area contributed by atoms with Gasteiger partial charge in [0.1, 0.15) is 5.60 Å². The molecule has 3 fully saturated rings. The van der Waals surface area contributed by atoms with Crippen molar-refractivity contribution in [3.8, 4) is 0 Å². The van der Waals surface area contributed by atoms with Gasteiger partial charge in [-0.05, 0) is 44.9 Å². The summed E-state index contributed by atoms with van der Waals surface area (Å²) in [6.45, 7) is 8.96. The van der Waals surface area contributed by atoms with Crippen molar-refractivity contribution < 1.29 is 19.1 Å². The van der Waals surface area contributed by atoms with Gasteiger partial charge in [-0.1, -0.05) is 12.1 Å². The number of carbonyl (C=O) groups is 3. The van der Waals surface area contributed by atoms with Crippen molar-refractivity contribution in [3.63, 3.8) is 0 Å². The van der Waals surface area contributed by atoms with Crippen LogP contribution in [0.25, 0.3) is 0 Å². The summed E-state index contributed by atoms with van der Waals surface area (Å²) in [6, 6.07) is 8.04. The molecule has 0 bridgehead atoms. The highest BCUT2D eigenvalue weighted by Crippen LogP contribution is 2.42. The van der Waals surface area contributed by atoms with Crippen LogP contribution in [-0.4, -0.2) is 54.6 Å². The predicted molar refractivity (Wildman–Crippen MR) is 104 cm³/mol. The Balaban J connectivity index is 1.29. The quantitative estimate of drug-likeness (QED) is 0.790. The standard InChI is InChI=1S/C21H27N3O4/c1-20(2,3)28-19(27)24-12-21(13-24)10-23(11-21)15-6-4-14(5-7-15)16-8-9-17(25)22-18(16)26/h4-7,16H,8-13H2,1-3H3,(H,22,25,26). The Labute approximate surface area is 165 Å². The molecule has 3 aliphatic rings. The minimum absolute atomic E-state index is 0.180. The number of amides is 3. The normalized spacial score (nSPS) is 23.8. The van der Waals surface area contributed by atoms with Gasteiger partial charge in [-0.15, -0.1) is 0 Å². The van der Waals surface area contributed by atoms with E-state index in [2.05, 4.69) is 10.2 Å². The van der Waals surface area contributed by atoms with Crippen LogP contribution in [0.3, 0.4) is 0 Å². The van der Waals surface area contributed by atoms with Gasteiger partial charge >= 0.3 is 6.09 Å². The summed E-state index contributed by atoms with van der Waals surface area (Å²) in [5.41, 5.74) is 1.79. The van der Waals surface area contributed by atoms with E-state index in [4.69, 9.17) is 4.74 Å². The van der Waals surface area contributed by atoms with E-state index in [0.717, 1.165) is 37.4 Å². The summed E-state index contributed by atoms with van der Waals surface area (Å²) in [5, 5.41) is 2.41. The molecule has 3 heterocycles. The first-order valence-electron chi connectivity index (χ1n) is 9.81. The Hall–Kier alpha value is -2.57. The number of nitrogens with one attached hydrogen (secondary N) is 1. The molecule has 1 aromatic carbocycles. The molecule has 1 aromatic rings. The highest BCUT2D eigenvalue weighted by Gasteiger charge is 2.54. The summed E-state index contributed by atoms with van der Waals surface area (Å²) < 4.78 is 5.42. The third-order valence-electron chi connectivity index (χ3n) is 5.66. The van der Waals surface area contributed by atoms with Gasteiger partial charge in [0.2, 0.25) is 11.8 Å². The van der Waals surface area contributed by atoms with Crippen LogP contribution in [-0.2, 0) is 14.3 Å². The number of benzene rings is 1. The molecule has 0 aliphatic carbocycles. The smallest absolute Gasteiger partial charge is 0.410 e. The summed E-state index contributed by atoms with van der Waals surface area (Å²) in [7, 11) is 0. The number of piperidine rings is 1. The first-order valence-corrected chi connectivity index (χ1v) is 9.81. The van der Waals surface area contributed by atoms with E-state index in [-0.39, 0.29) is 29.2 Å². The molecule has 28 heavy (non-hydrogen) atoms. The number of hydrogen-bond acceptors (Lipinski definition) is 5. The summed E-state index contributed by atoms with van der Waals surface area (Å²) in [4.78, 5) is 39.5. The lowest BCUT2D eigenvalue weighted by Crippen LogP contribution is -2.73. The van der Waals surface area contributed by atoms with Gasteiger partial charge in [0, 0.05) is 43.7 Å². The van der Waals surface area contributed by atoms with Crippen LogP contribution in [0.2, 0.25) is 0 Å². The average molecular weight is 385 g/mol. The maximum absolute atomic E-state index is 12.1. The number of hydrogen-bond donors (Lipinski definition) is 1. The highest BCUT2D eigenvalue weighted by atomic mass is 16.6. The van der Waals surface area contributed by atoms with Crippen LogP contribution in [0.4, 0.5) is 10.5 Å². The van der Waals surface area contributed by atoms with Gasteiger partial charge in [-0.25, -0.2) is 4.79 Å². The van der Waals surface area contributed by atoms with E-state index < -0.39 is 5.60 Å². The van der Waals surface area contributed by atoms with Gasteiger partial charge in [0.15, 0.2) is 0 Å². The lowest BCUT2D eigenvalue weighted by atomic mass is 9.73. The molecule has 0 radical (unpaired) electrons. The molecule has 150 valence electrons. The molecule has 4 rings (SSSR count). The first kappa shape index (κ1) is 18.8. The molecule has 0 saturated carbocycles. The zero-order valence-corrected chi connectivity index (χ0v) is 16.7. The van der Waals surface area contributed by atoms with E-state index in [9.17, 15) is 14.4 Å². The highest BCUT2D eigenvalue weighted by molar-refractivity contribution is 6.00. The van der Waals surface area contributed by atoms with Gasteiger partial charge in [0.25, 0.3) is 0 Å². The Morgan fingerprint density at radius 3 is 2.32 bits per heavy atom. The molecular weight excluding hydrogens is 358 g/mol. The number of likely N-dealkylation sites (tertiary alicyclic amines) is 1. The maximum Gasteiger partial charge on any atom is 0.410 e. The average Bonchev–Trinajstić information content (AvgIpc) is 2.51. The van der Waals surface area contributed by atoms with Gasteiger partial charge < -0.3 is 14.5 Å². The van der Waals surface area contributed by atoms with E-state index in [0.29, 0.717) is 12.8 Å². The van der Waals surface area contributed by atoms with Crippen molar-refractivity contribution in [3.05, 3.63) is 29.8 Å². The van der Waals surface area contributed by atoms with Crippen molar-refractivity contribution in [1.29, 1.82) is 0 Å². The summed E-state index contributed by atoms with van der Waals surface area (Å²) in [5.74, 6) is -0.642. The number of rotatable bonds is 2. The van der Waals surface area contributed by atoms with Crippen molar-refractivity contribution >= 4 is 23.6 Å². The van der Waals surface area contributed by atoms with Crippen LogP contribution in [0, 0.1) is 5.41 Å². The van der Waals surface area contributed by atoms with Gasteiger partial charge in [0.05, 0.1) is 5.92 Å². The fraction of sp³-hybridized carbons (Fsp3) is 0.571. The molecule has 1 spiro atoms. The number of anilines is 1. The monoisotopic (exact) mass is 385 g/mol. The second-order valence-corrected chi connectivity index (χ2v) is 9.29. The van der Waals surface area contributed by atoms with Crippen LogP contribution < -0.4 is 10.2 Å². The predicted octanol–water partition coefficient (Wildman–Crippen LogP) is 2.26. The third-order valence-corrected chi connectivity index (χ3v) is 5.66. The molecule has 1 unspecified atom stereocenters. The summed E-state index contributed by atoms with van der Waals surface area (Å²) >= 11 is 0. The fourth-order valence-electron chi connectivity index (χ4n) is 4.29. The first-order chi connectivity index (χ1) is 13.1. The Bertz CT molecular complexity index is 798. The minimum atomic E-state index is -0.463. The number of imide groups is 1. The Kier molecular flexibility index (Phi) is 4.36. The molecule has 0 aromatic heterocycles. The Morgan fingerprint density at radius 2 is 1.75 bits per heavy atom. The minimum Gasteiger partial charge on any atom is -0.444 e. The molecular formula is C21H27N3O4. The van der Waals surface area contributed by atoms with Gasteiger partial charge in [-0.3, -0.25) is 14.9 Å². The molecule has 3 aliphatic heterocycles. The molecule has 1 atom stereocenters. The van der Waals surface area contributed by atoms with Crippen LogP contribution in [0.5, 0.6) is 0 Å². The van der Waals surface area contributed by atoms with Crippen molar-refractivity contribution in [2.75, 3.05) is 31.1 Å². The molecule has 3 amide bonds. The number of carbonyl (C=O) groups excluding carboxylic acids is 3. The topological polar surface area (TPSA) is 79.0 Å². The van der Waals surface area contributed by atoms with Crippen LogP contribution in [0.1, 0.15) is 45.1 Å². The van der Waals surface area contributed by atoms with E-state index in [1.807, 2.05) is 45.0 Å². The van der Waals surface area contributed by atoms with Crippen LogP contribution >= 0.6 is 0 Å². The lowest BCUT2D eigenvalue weighted by molar-refractivity contribution is -0.134. The van der Waals surface area contributed by atoms with Crippen molar-refractivity contribution in [1.82, 2.24) is 10.2 Å². The van der Waals surface area contributed by atoms with E-state index in [1.165, 1.54) is 0 Å². The Morgan fingerprint density at radius 1 is 1.11 bits per heavy atom. The van der Waals surface area contributed by atoms with Crippen LogP contribution in [0.15, 0.2) is 24.3 Å². The number of nitrogens with zero attached hydrogens (tertiary/aromatic N) is 2. The largest absolute Gasteiger partial charge is 0.444 e. The molecule has 7 heteroatoms. The van der Waals surface area contributed by atoms with E-state index in [1.54, 1.807) is 4.90 Å². The second kappa shape index (κ2) is 6.50. The maximum atomic E-state index is 12.1. The number of ether oxygens (including phenoxy) is 1. The van der Waals surface area contributed by atoms with E-state index >= 15 is 0 Å². The molecule has 3 saturated heterocycles. The second-order valence-electron chi connectivity index (χ2n) is 9.29. The zero-order valence-electron chi connectivity index (χ0n) is 16.7. The summed E-state index contributed by atoms with van der Waals surface area (Å²) in [6.07, 6.45) is 0.725. The zero-order chi connectivity index (χ0) is 20.1. The molecule has 7 nitrogen and oxygen atoms in total. The van der Waals surface area contributed by atoms with Crippen molar-refractivity contribution in [2.45, 2.75) is 45.1 Å². The fourth-order valence-corrected chi connectivity index (χ4v) is 4.29. The van der Waals surface area contributed by atoms with Crippen molar-refractivity contribution in [2.24, 2.45) is 5.41 Å².